The number of nitrogens with one attached hydrogen (secondary N) is 1. The smallest absolute Gasteiger partial charge is 0.244 e. The third-order valence-corrected chi connectivity index (χ3v) is 7.23. The monoisotopic (exact) mass is 523 g/mol. The van der Waals surface area contributed by atoms with Gasteiger partial charge in [-0.1, -0.05) is 43.1 Å². The fourth-order valence-corrected chi connectivity index (χ4v) is 4.58. The molecule has 0 aliphatic heterocycles. The Kier molecular flexibility index (Phi) is 10.4. The molecule has 35 heavy (non-hydrogen) atoms. The number of carbonyl (C=O) groups excluding carboxylic acids is 2. The summed E-state index contributed by atoms with van der Waals surface area (Å²) in [6.07, 6.45) is 2.78. The zero-order valence-corrected chi connectivity index (χ0v) is 22.4. The van der Waals surface area contributed by atoms with Gasteiger partial charge in [0.25, 0.3) is 0 Å². The first kappa shape index (κ1) is 28.5. The number of benzene rings is 2. The molecule has 0 aliphatic carbocycles. The van der Waals surface area contributed by atoms with E-state index in [4.69, 9.17) is 16.3 Å². The van der Waals surface area contributed by atoms with E-state index < -0.39 is 28.5 Å². The van der Waals surface area contributed by atoms with Gasteiger partial charge < -0.3 is 15.0 Å². The zero-order valence-electron chi connectivity index (χ0n) is 20.9. The van der Waals surface area contributed by atoms with E-state index in [1.807, 2.05) is 6.92 Å². The summed E-state index contributed by atoms with van der Waals surface area (Å²) in [6.45, 7) is 5.51. The molecule has 0 aromatic heterocycles. The van der Waals surface area contributed by atoms with Crippen molar-refractivity contribution >= 4 is 39.1 Å². The van der Waals surface area contributed by atoms with Gasteiger partial charge in [-0.15, -0.1) is 0 Å². The third-order valence-electron chi connectivity index (χ3n) is 5.70. The lowest BCUT2D eigenvalue weighted by molar-refractivity contribution is -0.139. The van der Waals surface area contributed by atoms with Crippen LogP contribution in [0, 0.1) is 6.92 Å². The molecule has 2 amide bonds. The van der Waals surface area contributed by atoms with E-state index in [2.05, 4.69) is 5.32 Å². The first-order valence-electron chi connectivity index (χ1n) is 11.4. The van der Waals surface area contributed by atoms with Gasteiger partial charge >= 0.3 is 0 Å². The van der Waals surface area contributed by atoms with Crippen LogP contribution in [0.1, 0.15) is 37.8 Å². The van der Waals surface area contributed by atoms with E-state index in [0.29, 0.717) is 28.6 Å². The lowest BCUT2D eigenvalue weighted by Crippen LogP contribution is -2.51. The van der Waals surface area contributed by atoms with Crippen LogP contribution in [-0.4, -0.2) is 57.6 Å². The largest absolute Gasteiger partial charge is 0.497 e. The molecule has 0 saturated carbocycles. The van der Waals surface area contributed by atoms with Crippen LogP contribution in [0.2, 0.25) is 5.02 Å². The highest BCUT2D eigenvalue weighted by atomic mass is 35.5. The molecule has 0 saturated heterocycles. The Bertz CT molecular complexity index is 1120. The zero-order chi connectivity index (χ0) is 26.2. The molecule has 2 aromatic rings. The molecule has 1 N–H and O–H groups in total. The van der Waals surface area contributed by atoms with E-state index in [-0.39, 0.29) is 12.5 Å². The number of methoxy groups -OCH3 is 1. The molecule has 1 unspecified atom stereocenters. The van der Waals surface area contributed by atoms with Crippen molar-refractivity contribution in [1.82, 2.24) is 10.2 Å². The number of amides is 2. The molecule has 2 rings (SSSR count). The number of ether oxygens (including phenoxy) is 1. The molecule has 2 aromatic carbocycles. The molecule has 10 heteroatoms. The molecule has 1 atom stereocenters. The average molecular weight is 524 g/mol. The Labute approximate surface area is 213 Å². The summed E-state index contributed by atoms with van der Waals surface area (Å²) < 4.78 is 31.6. The standard InChI is InChI=1S/C25H34ClN3O5S/c1-6-7-15-27-25(31)19(3)28(16-20-11-13-21(34-4)14-12-20)24(30)17-29(35(5,32)33)23-10-8-9-22(26)18(23)2/h8-14,19H,6-7,15-17H2,1-5H3,(H,27,31). The Hall–Kier alpha value is -2.78. The van der Waals surface area contributed by atoms with Gasteiger partial charge in [-0.25, -0.2) is 8.42 Å². The number of halogens is 1. The molecule has 0 radical (unpaired) electrons. The van der Waals surface area contributed by atoms with E-state index in [1.54, 1.807) is 63.4 Å². The van der Waals surface area contributed by atoms with Gasteiger partial charge in [-0.3, -0.25) is 13.9 Å². The van der Waals surface area contributed by atoms with Crippen molar-refractivity contribution in [2.75, 3.05) is 30.8 Å². The van der Waals surface area contributed by atoms with Crippen molar-refractivity contribution in [2.24, 2.45) is 0 Å². The van der Waals surface area contributed by atoms with E-state index in [0.717, 1.165) is 29.0 Å². The van der Waals surface area contributed by atoms with Crippen molar-refractivity contribution in [3.8, 4) is 5.75 Å². The van der Waals surface area contributed by atoms with Crippen molar-refractivity contribution in [3.05, 3.63) is 58.6 Å². The van der Waals surface area contributed by atoms with Gasteiger partial charge in [0.15, 0.2) is 0 Å². The highest BCUT2D eigenvalue weighted by molar-refractivity contribution is 7.92. The van der Waals surface area contributed by atoms with Gasteiger partial charge in [0.05, 0.1) is 19.1 Å². The number of nitrogens with zero attached hydrogens (tertiary/aromatic N) is 2. The minimum atomic E-state index is -3.82. The van der Waals surface area contributed by atoms with Crippen molar-refractivity contribution in [1.29, 1.82) is 0 Å². The van der Waals surface area contributed by atoms with Gasteiger partial charge in [-0.05, 0) is 55.7 Å². The Morgan fingerprint density at radius 2 is 1.80 bits per heavy atom. The number of sulfonamides is 1. The van der Waals surface area contributed by atoms with Gasteiger partial charge in [0.1, 0.15) is 18.3 Å². The fraction of sp³-hybridized carbons (Fsp3) is 0.440. The summed E-state index contributed by atoms with van der Waals surface area (Å²) in [5, 5.41) is 3.24. The predicted octanol–water partition coefficient (Wildman–Crippen LogP) is 3.76. The molecule has 0 heterocycles. The highest BCUT2D eigenvalue weighted by Crippen LogP contribution is 2.28. The fourth-order valence-electron chi connectivity index (χ4n) is 3.51. The second kappa shape index (κ2) is 12.8. The molecule has 0 bridgehead atoms. The van der Waals surface area contributed by atoms with Crippen LogP contribution in [0.4, 0.5) is 5.69 Å². The van der Waals surface area contributed by atoms with E-state index >= 15 is 0 Å². The molecule has 8 nitrogen and oxygen atoms in total. The topological polar surface area (TPSA) is 96.0 Å². The van der Waals surface area contributed by atoms with Crippen LogP contribution in [0.5, 0.6) is 5.75 Å². The highest BCUT2D eigenvalue weighted by Gasteiger charge is 2.30. The van der Waals surface area contributed by atoms with Crippen molar-refractivity contribution < 1.29 is 22.7 Å². The Morgan fingerprint density at radius 3 is 2.37 bits per heavy atom. The third kappa shape index (κ3) is 7.86. The molecular formula is C25H34ClN3O5S. The first-order chi connectivity index (χ1) is 16.5. The van der Waals surface area contributed by atoms with Crippen LogP contribution < -0.4 is 14.4 Å². The summed E-state index contributed by atoms with van der Waals surface area (Å²) in [6, 6.07) is 11.2. The second-order valence-corrected chi connectivity index (χ2v) is 10.7. The van der Waals surface area contributed by atoms with Crippen molar-refractivity contribution in [2.45, 2.75) is 46.2 Å². The number of hydrogen-bond donors (Lipinski definition) is 1. The van der Waals surface area contributed by atoms with Crippen LogP contribution in [0.15, 0.2) is 42.5 Å². The van der Waals surface area contributed by atoms with Crippen LogP contribution >= 0.6 is 11.6 Å². The lowest BCUT2D eigenvalue weighted by atomic mass is 10.1. The van der Waals surface area contributed by atoms with E-state index in [1.165, 1.54) is 4.90 Å². The lowest BCUT2D eigenvalue weighted by Gasteiger charge is -2.32. The average Bonchev–Trinajstić information content (AvgIpc) is 2.82. The SMILES string of the molecule is CCCCNC(=O)C(C)N(Cc1ccc(OC)cc1)C(=O)CN(c1cccc(Cl)c1C)S(C)(=O)=O. The normalized spacial score (nSPS) is 12.1. The number of rotatable bonds is 12. The quantitative estimate of drug-likeness (QED) is 0.427. The summed E-state index contributed by atoms with van der Waals surface area (Å²) in [5.74, 6) is -0.148. The first-order valence-corrected chi connectivity index (χ1v) is 13.6. The minimum absolute atomic E-state index is 0.122. The van der Waals surface area contributed by atoms with E-state index in [9.17, 15) is 18.0 Å². The van der Waals surface area contributed by atoms with Crippen molar-refractivity contribution in [3.63, 3.8) is 0 Å². The summed E-state index contributed by atoms with van der Waals surface area (Å²) >= 11 is 6.21. The molecule has 0 aliphatic rings. The number of unbranched alkanes of at least 4 members (excludes halogenated alkanes) is 1. The molecule has 192 valence electrons. The maximum Gasteiger partial charge on any atom is 0.244 e. The van der Waals surface area contributed by atoms with Crippen LogP contribution in [0.25, 0.3) is 0 Å². The Balaban J connectivity index is 2.38. The summed E-state index contributed by atoms with van der Waals surface area (Å²) in [5.41, 5.74) is 1.63. The maximum absolute atomic E-state index is 13.6. The molecule has 0 spiro atoms. The number of anilines is 1. The predicted molar refractivity (Wildman–Crippen MR) is 139 cm³/mol. The van der Waals surface area contributed by atoms with Gasteiger partial charge in [0.2, 0.25) is 21.8 Å². The second-order valence-electron chi connectivity index (χ2n) is 8.34. The maximum atomic E-state index is 13.6. The number of carbonyl (C=O) groups is 2. The van der Waals surface area contributed by atoms with Gasteiger partial charge in [-0.2, -0.15) is 0 Å². The number of hydrogen-bond acceptors (Lipinski definition) is 5. The van der Waals surface area contributed by atoms with Gasteiger partial charge in [0, 0.05) is 18.1 Å². The van der Waals surface area contributed by atoms with Crippen LogP contribution in [-0.2, 0) is 26.2 Å². The molecular weight excluding hydrogens is 490 g/mol. The minimum Gasteiger partial charge on any atom is -0.497 e. The molecule has 0 fully saturated rings. The van der Waals surface area contributed by atoms with Crippen LogP contribution in [0.3, 0.4) is 0 Å². The summed E-state index contributed by atoms with van der Waals surface area (Å²) in [4.78, 5) is 27.8. The summed E-state index contributed by atoms with van der Waals surface area (Å²) in [7, 11) is -2.26. The Morgan fingerprint density at radius 1 is 1.14 bits per heavy atom.